The molecule has 0 aliphatic carbocycles. The van der Waals surface area contributed by atoms with Crippen LogP contribution in [0.5, 0.6) is 0 Å². The van der Waals surface area contributed by atoms with Crippen molar-refractivity contribution in [1.29, 1.82) is 0 Å². The summed E-state index contributed by atoms with van der Waals surface area (Å²) in [6.07, 6.45) is 1.92. The highest BCUT2D eigenvalue weighted by atomic mass is 35.5. The summed E-state index contributed by atoms with van der Waals surface area (Å²) in [7, 11) is 0. The number of hydrogen-bond acceptors (Lipinski definition) is 3. The predicted molar refractivity (Wildman–Crippen MR) is 93.6 cm³/mol. The molecule has 0 saturated heterocycles. The monoisotopic (exact) mass is 330 g/mol. The number of benzene rings is 2. The highest BCUT2D eigenvalue weighted by Crippen LogP contribution is 2.24. The van der Waals surface area contributed by atoms with Crippen LogP contribution in [0.15, 0.2) is 46.3 Å². The van der Waals surface area contributed by atoms with Gasteiger partial charge in [0.15, 0.2) is 5.16 Å². The number of rotatable bonds is 2. The lowest BCUT2D eigenvalue weighted by atomic mass is 10.1. The largest absolute Gasteiger partial charge is 0.268 e. The Morgan fingerprint density at radius 2 is 1.95 bits per heavy atom. The smallest absolute Gasteiger partial charge is 0.266 e. The van der Waals surface area contributed by atoms with E-state index in [4.69, 9.17) is 11.6 Å². The van der Waals surface area contributed by atoms with Crippen LogP contribution in [-0.4, -0.2) is 15.8 Å². The van der Waals surface area contributed by atoms with E-state index in [-0.39, 0.29) is 5.56 Å². The molecule has 0 spiro atoms. The van der Waals surface area contributed by atoms with E-state index in [0.29, 0.717) is 21.1 Å². The van der Waals surface area contributed by atoms with Crippen LogP contribution < -0.4 is 5.56 Å². The Balaban J connectivity index is 2.43. The van der Waals surface area contributed by atoms with Crippen molar-refractivity contribution < 1.29 is 0 Å². The maximum Gasteiger partial charge on any atom is 0.266 e. The average Bonchev–Trinajstić information content (AvgIpc) is 2.50. The molecule has 3 nitrogen and oxygen atoms in total. The van der Waals surface area contributed by atoms with Gasteiger partial charge in [0.1, 0.15) is 0 Å². The Bertz CT molecular complexity index is 934. The summed E-state index contributed by atoms with van der Waals surface area (Å²) < 4.78 is 1.68. The molecule has 2 aromatic carbocycles. The van der Waals surface area contributed by atoms with Gasteiger partial charge in [-0.2, -0.15) is 0 Å². The molecule has 0 aliphatic heterocycles. The SMILES string of the molecule is CSc1nc2cc(Cl)ccc2c(=O)n1-c1cccc(C)c1C. The van der Waals surface area contributed by atoms with Gasteiger partial charge >= 0.3 is 0 Å². The molecule has 0 bridgehead atoms. The Morgan fingerprint density at radius 3 is 2.68 bits per heavy atom. The standard InChI is InChI=1S/C17H15ClN2OS/c1-10-5-4-6-15(11(10)2)20-16(21)13-8-7-12(18)9-14(13)19-17(20)22-3/h4-9H,1-3H3. The summed E-state index contributed by atoms with van der Waals surface area (Å²) in [6.45, 7) is 4.06. The number of nitrogens with zero attached hydrogens (tertiary/aromatic N) is 2. The van der Waals surface area contributed by atoms with Crippen LogP contribution in [0.3, 0.4) is 0 Å². The van der Waals surface area contributed by atoms with Gasteiger partial charge in [-0.25, -0.2) is 4.98 Å². The first kappa shape index (κ1) is 15.1. The van der Waals surface area contributed by atoms with Crippen LogP contribution in [0.4, 0.5) is 0 Å². The fraction of sp³-hybridized carbons (Fsp3) is 0.176. The molecule has 22 heavy (non-hydrogen) atoms. The minimum Gasteiger partial charge on any atom is -0.268 e. The van der Waals surface area contributed by atoms with Gasteiger partial charge in [-0.15, -0.1) is 0 Å². The van der Waals surface area contributed by atoms with Gasteiger partial charge < -0.3 is 0 Å². The van der Waals surface area contributed by atoms with Crippen LogP contribution in [0.25, 0.3) is 16.6 Å². The highest BCUT2D eigenvalue weighted by Gasteiger charge is 2.14. The number of hydrogen-bond donors (Lipinski definition) is 0. The fourth-order valence-electron chi connectivity index (χ4n) is 2.47. The van der Waals surface area contributed by atoms with Gasteiger partial charge in [0, 0.05) is 5.02 Å². The maximum atomic E-state index is 12.9. The third-order valence-electron chi connectivity index (χ3n) is 3.80. The summed E-state index contributed by atoms with van der Waals surface area (Å²) >= 11 is 7.46. The first-order valence-corrected chi connectivity index (χ1v) is 8.46. The number of aryl methyl sites for hydroxylation is 1. The van der Waals surface area contributed by atoms with Crippen molar-refractivity contribution in [1.82, 2.24) is 9.55 Å². The fourth-order valence-corrected chi connectivity index (χ4v) is 3.19. The molecule has 0 saturated carbocycles. The molecule has 0 amide bonds. The zero-order valence-electron chi connectivity index (χ0n) is 12.6. The summed E-state index contributed by atoms with van der Waals surface area (Å²) in [5.74, 6) is 0. The number of thioether (sulfide) groups is 1. The lowest BCUT2D eigenvalue weighted by Gasteiger charge is -2.15. The van der Waals surface area contributed by atoms with Crippen molar-refractivity contribution in [2.75, 3.05) is 6.26 Å². The topological polar surface area (TPSA) is 34.9 Å². The van der Waals surface area contributed by atoms with Gasteiger partial charge in [-0.1, -0.05) is 35.5 Å². The average molecular weight is 331 g/mol. The minimum absolute atomic E-state index is 0.0697. The van der Waals surface area contributed by atoms with E-state index in [1.165, 1.54) is 11.8 Å². The Kier molecular flexibility index (Phi) is 3.98. The zero-order valence-corrected chi connectivity index (χ0v) is 14.1. The molecule has 0 N–H and O–H groups in total. The Hall–Kier alpha value is -1.78. The van der Waals surface area contributed by atoms with E-state index in [2.05, 4.69) is 4.98 Å². The molecule has 0 fully saturated rings. The maximum absolute atomic E-state index is 12.9. The molecule has 112 valence electrons. The third-order valence-corrected chi connectivity index (χ3v) is 4.67. The van der Waals surface area contributed by atoms with Crippen LogP contribution in [0.2, 0.25) is 5.02 Å². The quantitative estimate of drug-likeness (QED) is 0.516. The summed E-state index contributed by atoms with van der Waals surface area (Å²) in [4.78, 5) is 17.6. The first-order chi connectivity index (χ1) is 10.5. The van der Waals surface area contributed by atoms with Gasteiger partial charge in [0.05, 0.1) is 16.6 Å². The second kappa shape index (κ2) is 5.78. The van der Waals surface area contributed by atoms with E-state index in [1.807, 2.05) is 38.3 Å². The van der Waals surface area contributed by atoms with Gasteiger partial charge in [-0.3, -0.25) is 9.36 Å². The molecule has 5 heteroatoms. The second-order valence-corrected chi connectivity index (χ2v) is 6.33. The van der Waals surface area contributed by atoms with Crippen LogP contribution in [-0.2, 0) is 0 Å². The van der Waals surface area contributed by atoms with E-state index < -0.39 is 0 Å². The molecule has 0 aliphatic rings. The second-order valence-electron chi connectivity index (χ2n) is 5.12. The predicted octanol–water partition coefficient (Wildman–Crippen LogP) is 4.38. The summed E-state index contributed by atoms with van der Waals surface area (Å²) in [6, 6.07) is 11.1. The number of fused-ring (bicyclic) bond motifs is 1. The van der Waals surface area contributed by atoms with E-state index in [9.17, 15) is 4.79 Å². The van der Waals surface area contributed by atoms with Gasteiger partial charge in [-0.05, 0) is 55.5 Å². The van der Waals surface area contributed by atoms with E-state index >= 15 is 0 Å². The molecule has 0 atom stereocenters. The lowest BCUT2D eigenvalue weighted by molar-refractivity contribution is 0.815. The minimum atomic E-state index is -0.0697. The van der Waals surface area contributed by atoms with Gasteiger partial charge in [0.2, 0.25) is 0 Å². The van der Waals surface area contributed by atoms with Crippen molar-refractivity contribution in [3.63, 3.8) is 0 Å². The van der Waals surface area contributed by atoms with Crippen molar-refractivity contribution in [2.45, 2.75) is 19.0 Å². The molecule has 3 rings (SSSR count). The summed E-state index contributed by atoms with van der Waals surface area (Å²) in [5, 5.41) is 1.81. The van der Waals surface area contributed by atoms with Crippen molar-refractivity contribution in [2.24, 2.45) is 0 Å². The van der Waals surface area contributed by atoms with Crippen molar-refractivity contribution in [3.05, 3.63) is 62.9 Å². The highest BCUT2D eigenvalue weighted by molar-refractivity contribution is 7.98. The summed E-state index contributed by atoms with van der Waals surface area (Å²) in [5.41, 5.74) is 3.66. The molecule has 0 unspecified atom stereocenters. The van der Waals surface area contributed by atoms with Crippen LogP contribution in [0.1, 0.15) is 11.1 Å². The molecule has 1 heterocycles. The normalized spacial score (nSPS) is 11.1. The molecular formula is C17H15ClN2OS. The molecule has 0 radical (unpaired) electrons. The van der Waals surface area contributed by atoms with Crippen LogP contribution in [0, 0.1) is 13.8 Å². The zero-order chi connectivity index (χ0) is 15.9. The van der Waals surface area contributed by atoms with Gasteiger partial charge in [0.25, 0.3) is 5.56 Å². The van der Waals surface area contributed by atoms with E-state index in [1.54, 1.807) is 22.8 Å². The third kappa shape index (κ3) is 2.42. The molecule has 3 aromatic rings. The van der Waals surface area contributed by atoms with Crippen molar-refractivity contribution in [3.8, 4) is 5.69 Å². The lowest BCUT2D eigenvalue weighted by Crippen LogP contribution is -2.22. The van der Waals surface area contributed by atoms with E-state index in [0.717, 1.165) is 16.8 Å². The Labute approximate surface area is 138 Å². The number of aromatic nitrogens is 2. The first-order valence-electron chi connectivity index (χ1n) is 6.86. The molecular weight excluding hydrogens is 316 g/mol. The Morgan fingerprint density at radius 1 is 1.18 bits per heavy atom. The number of halogens is 1. The van der Waals surface area contributed by atoms with Crippen molar-refractivity contribution >= 4 is 34.3 Å². The van der Waals surface area contributed by atoms with Crippen LogP contribution >= 0.6 is 23.4 Å². The molecule has 1 aromatic heterocycles.